The van der Waals surface area contributed by atoms with Crippen LogP contribution < -0.4 is 16.0 Å². The number of fused-ring (bicyclic) bond motifs is 22. The van der Waals surface area contributed by atoms with Crippen molar-refractivity contribution < 1.29 is 84.2 Å². The highest BCUT2D eigenvalue weighted by Crippen LogP contribution is 2.45. The van der Waals surface area contributed by atoms with Crippen LogP contribution >= 0.6 is 0 Å². The predicted octanol–water partition coefficient (Wildman–Crippen LogP) is 5.87. The van der Waals surface area contributed by atoms with Crippen molar-refractivity contribution in [2.45, 2.75) is 260 Å². The fraction of sp³-hybridized carbons (Fsp3) is 0.789. The lowest BCUT2D eigenvalue weighted by molar-refractivity contribution is -0.219. The molecule has 0 aromatic rings. The van der Waals surface area contributed by atoms with E-state index in [1.807, 2.05) is 19.1 Å². The Bertz CT molecular complexity index is 3200. The van der Waals surface area contributed by atoms with E-state index in [9.17, 15) is 32.3 Å². The van der Waals surface area contributed by atoms with Gasteiger partial charge in [-0.05, 0) is 165 Å². The largest absolute Gasteiger partial charge is 0.397 e. The van der Waals surface area contributed by atoms with Gasteiger partial charge in [0.1, 0.15) is 72.1 Å². The zero-order chi connectivity index (χ0) is 77.8. The first kappa shape index (κ1) is 84.4. The molecule has 12 amide bonds. The lowest BCUT2D eigenvalue weighted by Crippen LogP contribution is -2.68. The normalized spacial score (nSPS) is 33.1. The molecule has 106 heavy (non-hydrogen) atoms. The van der Waals surface area contributed by atoms with E-state index in [0.29, 0.717) is 83.5 Å². The lowest BCUT2D eigenvalue weighted by atomic mass is 9.74. The van der Waals surface area contributed by atoms with E-state index in [2.05, 4.69) is 22.0 Å². The Labute approximate surface area is 621 Å². The first-order chi connectivity index (χ1) is 50.2. The molecule has 30 heteroatoms. The van der Waals surface area contributed by atoms with E-state index < -0.39 is 205 Å². The molecule has 1 saturated heterocycles. The molecule has 6 bridgehead atoms. The predicted molar refractivity (Wildman–Crippen MR) is 383 cm³/mol. The topological polar surface area (TPSA) is 279 Å². The highest BCUT2D eigenvalue weighted by Gasteiger charge is 2.56. The van der Waals surface area contributed by atoms with Crippen molar-refractivity contribution in [3.05, 3.63) is 24.3 Å². The van der Waals surface area contributed by atoms with Gasteiger partial charge in [-0.15, -0.1) is 0 Å². The van der Waals surface area contributed by atoms with Crippen molar-refractivity contribution >= 4 is 70.9 Å². The van der Waals surface area contributed by atoms with Gasteiger partial charge in [0, 0.05) is 82.0 Å². The third-order valence-electron chi connectivity index (χ3n) is 24.5. The minimum Gasteiger partial charge on any atom is -0.377 e. The summed E-state index contributed by atoms with van der Waals surface area (Å²) in [4.78, 5) is 194. The molecule has 4 saturated carbocycles. The average molecular weight is 1500 g/mol. The standard InChI is InChI=1S/C76H117F5N12O13/c1-12-46(4)64-72(103)87(7)45-62(96)89(9)56-28-19-16-22-37-92(71(56)102)59-40-48-31-29-47(30-32-48)24-17-15-18-27-55(66(97)83-64)88(8)61(95)42-58(69(100)85(5)13-2)90(10)73(104)65(50-25-20-21-26-50)91(11)74(105)75(35-23-36-75)84-67(98)57-41-51(106-14-3)43-93(57)68(99)54(82-60(94)44-86(6)70(59)101)34-33-49-38-52(77)63(53(78)39-49)76(79,80)81/h16-17,19,24,46-59,63-65H,12-15,18,20-23,25-45H2,1-11H3,(H,82,94)(H,83,97)(H,84,98)/b19-16-,24-17+/t46-,47?,48?,49?,51+,52?,53?,54-,55-,56-,57-,58-,59-,63?,64-,65-/m0/s1. The molecule has 594 valence electrons. The smallest absolute Gasteiger partial charge is 0.377 e. The van der Waals surface area contributed by atoms with Crippen LogP contribution in [0.15, 0.2) is 24.3 Å². The first-order valence-electron chi connectivity index (χ1n) is 38.8. The summed E-state index contributed by atoms with van der Waals surface area (Å²) < 4.78 is 79.0. The van der Waals surface area contributed by atoms with Crippen LogP contribution in [0.3, 0.4) is 0 Å². The number of amides is 12. The molecule has 10 rings (SSSR count). The highest BCUT2D eigenvalue weighted by atomic mass is 19.4. The number of nitrogens with one attached hydrogen (secondary N) is 3. The first-order valence-corrected chi connectivity index (χ1v) is 38.8. The van der Waals surface area contributed by atoms with Gasteiger partial charge >= 0.3 is 6.18 Å². The Morgan fingerprint density at radius 2 is 1.29 bits per heavy atom. The van der Waals surface area contributed by atoms with Gasteiger partial charge in [-0.25, -0.2) is 8.78 Å². The van der Waals surface area contributed by atoms with Crippen molar-refractivity contribution in [1.29, 1.82) is 0 Å². The second-order valence-electron chi connectivity index (χ2n) is 31.5. The number of hydrogen-bond acceptors (Lipinski definition) is 13. The Morgan fingerprint density at radius 3 is 1.91 bits per heavy atom. The van der Waals surface area contributed by atoms with Gasteiger partial charge in [0.2, 0.25) is 70.9 Å². The van der Waals surface area contributed by atoms with Gasteiger partial charge in [0.05, 0.1) is 25.6 Å². The number of alkyl halides is 5. The molecule has 6 aliphatic heterocycles. The number of halogens is 5. The Morgan fingerprint density at radius 1 is 0.642 bits per heavy atom. The molecule has 5 fully saturated rings. The van der Waals surface area contributed by atoms with Crippen molar-refractivity contribution in [2.24, 2.45) is 35.5 Å². The van der Waals surface area contributed by atoms with Gasteiger partial charge < -0.3 is 64.8 Å². The summed E-state index contributed by atoms with van der Waals surface area (Å²) in [7, 11) is 10.0. The summed E-state index contributed by atoms with van der Waals surface area (Å²) in [6.45, 7) is 5.83. The van der Waals surface area contributed by atoms with Gasteiger partial charge in [-0.1, -0.05) is 57.4 Å². The molecule has 6 heterocycles. The van der Waals surface area contributed by atoms with Crippen LogP contribution in [0.5, 0.6) is 0 Å². The van der Waals surface area contributed by atoms with Crippen LogP contribution in [0.25, 0.3) is 0 Å². The molecule has 2 unspecified atom stereocenters. The summed E-state index contributed by atoms with van der Waals surface area (Å²) in [5.41, 5.74) is -1.64. The molecule has 0 aromatic heterocycles. The van der Waals surface area contributed by atoms with E-state index in [4.69, 9.17) is 4.74 Å². The quantitative estimate of drug-likeness (QED) is 0.131. The second kappa shape index (κ2) is 37.2. The molecule has 0 aromatic carbocycles. The monoisotopic (exact) mass is 1500 g/mol. The molecule has 0 radical (unpaired) electrons. The van der Waals surface area contributed by atoms with Crippen LogP contribution in [-0.2, 0) is 62.3 Å². The van der Waals surface area contributed by atoms with Crippen LogP contribution in [-0.4, -0.2) is 282 Å². The minimum absolute atomic E-state index is 0.0150. The summed E-state index contributed by atoms with van der Waals surface area (Å²) in [6.07, 6.45) is 1.27. The van der Waals surface area contributed by atoms with E-state index in [1.165, 1.54) is 83.6 Å². The average Bonchev–Trinajstić information content (AvgIpc) is 1.40. The molecule has 12 atom stereocenters. The van der Waals surface area contributed by atoms with Gasteiger partial charge in [-0.3, -0.25) is 57.5 Å². The molecular formula is C76H117F5N12O13. The fourth-order valence-corrected chi connectivity index (χ4v) is 17.3. The molecular weight excluding hydrogens is 1380 g/mol. The maximum atomic E-state index is 15.7. The summed E-state index contributed by atoms with van der Waals surface area (Å²) in [6, 6.07) is -10.6. The van der Waals surface area contributed by atoms with Gasteiger partial charge in [0.25, 0.3) is 0 Å². The van der Waals surface area contributed by atoms with Crippen molar-refractivity contribution in [3.63, 3.8) is 0 Å². The number of rotatable bonds is 10. The Hall–Kier alpha value is -7.27. The van der Waals surface area contributed by atoms with E-state index in [1.54, 1.807) is 26.8 Å². The number of ether oxygens (including phenoxy) is 1. The third-order valence-corrected chi connectivity index (χ3v) is 24.5. The van der Waals surface area contributed by atoms with E-state index in [0.717, 1.165) is 9.80 Å². The minimum atomic E-state index is -5.17. The SMILES string of the molecule is CCO[C@@H]1C[C@H]2C(=O)NC3(CCC3)C(=O)N(C)[C@@H](C3CCCC3)C(=O)N(C)[C@H](C(=O)N(C)CC)CC(=O)N(C)[C@H]3CCC/C=C/C4CCC(CC4)C[C@@H](C(=O)N(C)CC(=O)N[C@@H](CCC4CC(F)C(C(F)(F)F)C(F)C4)C(=O)N2C1)N1CC/C=C\C[C@@H](C1=O)N(C)C(=O)CN(C)C(=O)[C@H]([C@@H](C)CC)NC3=O. The maximum absolute atomic E-state index is 15.7. The van der Waals surface area contributed by atoms with Crippen LogP contribution in [0.4, 0.5) is 22.0 Å². The molecule has 3 N–H and O–H groups in total. The summed E-state index contributed by atoms with van der Waals surface area (Å²) in [5, 5.41) is 8.66. The van der Waals surface area contributed by atoms with Crippen LogP contribution in [0.1, 0.15) is 182 Å². The van der Waals surface area contributed by atoms with E-state index >= 15 is 47.1 Å². The van der Waals surface area contributed by atoms with Crippen LogP contribution in [0.2, 0.25) is 0 Å². The maximum Gasteiger partial charge on any atom is 0.397 e. The molecule has 25 nitrogen and oxygen atoms in total. The van der Waals surface area contributed by atoms with Crippen molar-refractivity contribution in [3.8, 4) is 0 Å². The molecule has 1 spiro atoms. The zero-order valence-electron chi connectivity index (χ0n) is 64.1. The molecule has 10 aliphatic rings. The van der Waals surface area contributed by atoms with Crippen molar-refractivity contribution in [2.75, 3.05) is 88.7 Å². The Kier molecular flexibility index (Phi) is 29.6. The van der Waals surface area contributed by atoms with Gasteiger partial charge in [0.15, 0.2) is 0 Å². The van der Waals surface area contributed by atoms with Crippen molar-refractivity contribution in [1.82, 2.24) is 60.0 Å². The number of hydrogen-bond donors (Lipinski definition) is 3. The van der Waals surface area contributed by atoms with E-state index in [-0.39, 0.29) is 89.4 Å². The number of carbonyl (C=O) groups is 12. The summed E-state index contributed by atoms with van der Waals surface area (Å²) in [5.74, 6) is -13.3. The third kappa shape index (κ3) is 20.0. The summed E-state index contributed by atoms with van der Waals surface area (Å²) >= 11 is 0. The Balaban J connectivity index is 1.25. The number of nitrogens with zero attached hydrogens (tertiary/aromatic N) is 9. The number of carbonyl (C=O) groups excluding carboxylic acids is 12. The fourth-order valence-electron chi connectivity index (χ4n) is 17.3. The highest BCUT2D eigenvalue weighted by molar-refractivity contribution is 6.01. The lowest BCUT2D eigenvalue weighted by Gasteiger charge is -2.46. The molecule has 4 aliphatic carbocycles. The number of allylic oxidation sites excluding steroid dienone is 2. The van der Waals surface area contributed by atoms with Gasteiger partial charge in [-0.2, -0.15) is 13.2 Å². The van der Waals surface area contributed by atoms with Crippen LogP contribution in [0, 0.1) is 35.5 Å². The number of likely N-dealkylation sites (N-methyl/N-ethyl adjacent to an activating group) is 7. The zero-order valence-corrected chi connectivity index (χ0v) is 64.1. The second-order valence-corrected chi connectivity index (χ2v) is 31.5.